The molecule has 1 rings (SSSR count). The molecule has 0 saturated carbocycles. The van der Waals surface area contributed by atoms with Gasteiger partial charge in [0.2, 0.25) is 10.0 Å². The van der Waals surface area contributed by atoms with Crippen molar-refractivity contribution in [1.82, 2.24) is 4.72 Å². The van der Waals surface area contributed by atoms with Crippen molar-refractivity contribution < 1.29 is 8.42 Å². The summed E-state index contributed by atoms with van der Waals surface area (Å²) in [6.07, 6.45) is 0. The van der Waals surface area contributed by atoms with E-state index in [2.05, 4.69) is 4.72 Å². The third kappa shape index (κ3) is 3.33. The Labute approximate surface area is 111 Å². The second-order valence-corrected chi connectivity index (χ2v) is 8.64. The number of hydrogen-bond acceptors (Lipinski definition) is 2. The van der Waals surface area contributed by atoms with E-state index in [9.17, 15) is 8.42 Å². The molecule has 0 spiro atoms. The van der Waals surface area contributed by atoms with Gasteiger partial charge in [-0.1, -0.05) is 29.8 Å². The van der Waals surface area contributed by atoms with E-state index in [1.807, 2.05) is 45.0 Å². The van der Waals surface area contributed by atoms with Gasteiger partial charge < -0.3 is 0 Å². The van der Waals surface area contributed by atoms with E-state index in [4.69, 9.17) is 0 Å². The van der Waals surface area contributed by atoms with Gasteiger partial charge in [-0.15, -0.1) is 0 Å². The second kappa shape index (κ2) is 4.67. The van der Waals surface area contributed by atoms with E-state index in [-0.39, 0.29) is 0 Å². The largest absolute Gasteiger partial charge is 0.217 e. The highest BCUT2D eigenvalue weighted by molar-refractivity contribution is 7.90. The van der Waals surface area contributed by atoms with Crippen LogP contribution < -0.4 is 4.72 Å². The Balaban J connectivity index is 3.06. The number of nitrogens with one attached hydrogen (secondary N) is 1. The van der Waals surface area contributed by atoms with Crippen LogP contribution in [0.25, 0.3) is 0 Å². The van der Waals surface area contributed by atoms with Crippen molar-refractivity contribution in [2.45, 2.75) is 51.8 Å². The highest BCUT2D eigenvalue weighted by Crippen LogP contribution is 2.25. The topological polar surface area (TPSA) is 46.2 Å². The van der Waals surface area contributed by atoms with Gasteiger partial charge in [0.05, 0.1) is 10.3 Å². The zero-order valence-electron chi connectivity index (χ0n) is 12.0. The van der Waals surface area contributed by atoms with E-state index in [0.717, 1.165) is 11.1 Å². The number of benzene rings is 1. The molecule has 0 aromatic heterocycles. The fourth-order valence-electron chi connectivity index (χ4n) is 1.52. The van der Waals surface area contributed by atoms with Gasteiger partial charge >= 0.3 is 0 Å². The molecule has 102 valence electrons. The highest BCUT2D eigenvalue weighted by Gasteiger charge is 2.35. The maximum absolute atomic E-state index is 12.2. The van der Waals surface area contributed by atoms with Crippen molar-refractivity contribution in [3.63, 3.8) is 0 Å². The predicted molar refractivity (Wildman–Crippen MR) is 76.0 cm³/mol. The maximum atomic E-state index is 12.2. The quantitative estimate of drug-likeness (QED) is 0.917. The van der Waals surface area contributed by atoms with Gasteiger partial charge in [-0.3, -0.25) is 0 Å². The Bertz CT molecular complexity index is 508. The summed E-state index contributed by atoms with van der Waals surface area (Å²) in [5.74, 6) is 0. The lowest BCUT2D eigenvalue weighted by atomic mass is 9.95. The molecule has 3 nitrogen and oxygen atoms in total. The molecule has 0 unspecified atom stereocenters. The fourth-order valence-corrected chi connectivity index (χ4v) is 2.61. The van der Waals surface area contributed by atoms with Crippen LogP contribution in [0, 0.1) is 6.92 Å². The Morgan fingerprint density at radius 2 is 1.39 bits per heavy atom. The minimum atomic E-state index is -3.36. The monoisotopic (exact) mass is 269 g/mol. The summed E-state index contributed by atoms with van der Waals surface area (Å²) in [5.41, 5.74) is 1.51. The Morgan fingerprint density at radius 1 is 0.944 bits per heavy atom. The van der Waals surface area contributed by atoms with E-state index in [0.29, 0.717) is 0 Å². The average molecular weight is 269 g/mol. The molecule has 0 aliphatic heterocycles. The molecule has 0 fully saturated rings. The van der Waals surface area contributed by atoms with E-state index in [1.54, 1.807) is 20.8 Å². The van der Waals surface area contributed by atoms with Crippen molar-refractivity contribution in [1.29, 1.82) is 0 Å². The summed E-state index contributed by atoms with van der Waals surface area (Å²) < 4.78 is 26.4. The molecule has 0 atom stereocenters. The van der Waals surface area contributed by atoms with Crippen molar-refractivity contribution in [2.24, 2.45) is 0 Å². The molecular weight excluding hydrogens is 246 g/mol. The molecule has 0 aliphatic carbocycles. The summed E-state index contributed by atoms with van der Waals surface area (Å²) in [5, 5.41) is 0. The van der Waals surface area contributed by atoms with Crippen LogP contribution in [-0.2, 0) is 15.6 Å². The third-order valence-electron chi connectivity index (χ3n) is 2.97. The van der Waals surface area contributed by atoms with Crippen LogP contribution in [-0.4, -0.2) is 13.2 Å². The van der Waals surface area contributed by atoms with Gasteiger partial charge in [-0.05, 0) is 47.1 Å². The molecule has 0 radical (unpaired) electrons. The van der Waals surface area contributed by atoms with Gasteiger partial charge in [0.1, 0.15) is 0 Å². The van der Waals surface area contributed by atoms with Gasteiger partial charge in [0.25, 0.3) is 0 Å². The first-order valence-electron chi connectivity index (χ1n) is 6.06. The minimum absolute atomic E-state index is 0.611. The molecule has 0 heterocycles. The van der Waals surface area contributed by atoms with Crippen molar-refractivity contribution in [3.05, 3.63) is 35.4 Å². The first kappa shape index (κ1) is 15.2. The first-order valence-corrected chi connectivity index (χ1v) is 7.55. The first-order chi connectivity index (χ1) is 7.96. The van der Waals surface area contributed by atoms with Crippen molar-refractivity contribution in [3.8, 4) is 0 Å². The molecule has 0 amide bonds. The van der Waals surface area contributed by atoms with Crippen LogP contribution in [0.4, 0.5) is 0 Å². The summed E-state index contributed by atoms with van der Waals surface area (Å²) >= 11 is 0. The molecule has 1 N–H and O–H groups in total. The predicted octanol–water partition coefficient (Wildman–Crippen LogP) is 2.95. The molecule has 4 heteroatoms. The Kier molecular flexibility index (Phi) is 3.94. The number of rotatable bonds is 3. The van der Waals surface area contributed by atoms with Gasteiger partial charge in [-0.25, -0.2) is 13.1 Å². The van der Waals surface area contributed by atoms with Crippen molar-refractivity contribution >= 4 is 10.0 Å². The normalized spacial score (nSPS) is 13.7. The number of aryl methyl sites for hydroxylation is 1. The van der Waals surface area contributed by atoms with Crippen LogP contribution >= 0.6 is 0 Å². The zero-order chi connectivity index (χ0) is 14.2. The van der Waals surface area contributed by atoms with E-state index < -0.39 is 20.3 Å². The summed E-state index contributed by atoms with van der Waals surface area (Å²) in [6, 6.07) is 7.89. The molecule has 0 saturated heterocycles. The Morgan fingerprint density at radius 3 is 1.78 bits per heavy atom. The minimum Gasteiger partial charge on any atom is -0.212 e. The van der Waals surface area contributed by atoms with Crippen LogP contribution in [0.1, 0.15) is 45.7 Å². The lowest BCUT2D eigenvalue weighted by Crippen LogP contribution is -2.48. The van der Waals surface area contributed by atoms with Gasteiger partial charge in [0, 0.05) is 0 Å². The van der Waals surface area contributed by atoms with Crippen LogP contribution in [0.15, 0.2) is 24.3 Å². The molecule has 0 aliphatic rings. The summed E-state index contributed by atoms with van der Waals surface area (Å²) in [7, 11) is -3.36. The standard InChI is InChI=1S/C14H23NO2S/c1-11-7-9-12(10-8-11)14(5,6)15-18(16,17)13(2,3)4/h7-10,15H,1-6H3. The van der Waals surface area contributed by atoms with E-state index in [1.165, 1.54) is 0 Å². The summed E-state index contributed by atoms with van der Waals surface area (Å²) in [6.45, 7) is 10.8. The molecule has 0 bridgehead atoms. The fraction of sp³-hybridized carbons (Fsp3) is 0.571. The second-order valence-electron chi connectivity index (χ2n) is 6.21. The molecule has 1 aromatic carbocycles. The summed E-state index contributed by atoms with van der Waals surface area (Å²) in [4.78, 5) is 0. The van der Waals surface area contributed by atoms with Gasteiger partial charge in [0.15, 0.2) is 0 Å². The number of hydrogen-bond donors (Lipinski definition) is 1. The molecule has 1 aromatic rings. The van der Waals surface area contributed by atoms with Gasteiger partial charge in [-0.2, -0.15) is 0 Å². The lowest BCUT2D eigenvalue weighted by molar-refractivity contribution is 0.457. The molecule has 18 heavy (non-hydrogen) atoms. The van der Waals surface area contributed by atoms with Crippen molar-refractivity contribution in [2.75, 3.05) is 0 Å². The zero-order valence-corrected chi connectivity index (χ0v) is 12.9. The smallest absolute Gasteiger partial charge is 0.212 e. The maximum Gasteiger partial charge on any atom is 0.217 e. The molecular formula is C14H23NO2S. The third-order valence-corrected chi connectivity index (χ3v) is 5.36. The average Bonchev–Trinajstić information content (AvgIpc) is 2.14. The van der Waals surface area contributed by atoms with Crippen LogP contribution in [0.2, 0.25) is 0 Å². The lowest BCUT2D eigenvalue weighted by Gasteiger charge is -2.31. The SMILES string of the molecule is Cc1ccc(C(C)(C)NS(=O)(=O)C(C)(C)C)cc1. The van der Waals surface area contributed by atoms with E-state index >= 15 is 0 Å². The Hall–Kier alpha value is -0.870. The highest BCUT2D eigenvalue weighted by atomic mass is 32.2. The van der Waals surface area contributed by atoms with Crippen LogP contribution in [0.3, 0.4) is 0 Å². The van der Waals surface area contributed by atoms with Crippen LogP contribution in [0.5, 0.6) is 0 Å². The number of sulfonamides is 1.